The predicted molar refractivity (Wildman–Crippen MR) is 120 cm³/mol. The first-order valence-corrected chi connectivity index (χ1v) is 10.6. The highest BCUT2D eigenvalue weighted by molar-refractivity contribution is 8.18. The van der Waals surface area contributed by atoms with E-state index in [2.05, 4.69) is 25.3 Å². The summed E-state index contributed by atoms with van der Waals surface area (Å²) in [6.07, 6.45) is 1.64. The molecule has 1 fully saturated rings. The molecule has 2 aromatic heterocycles. The van der Waals surface area contributed by atoms with Crippen molar-refractivity contribution in [3.8, 4) is 5.75 Å². The summed E-state index contributed by atoms with van der Waals surface area (Å²) in [5, 5.41) is 3.28. The fraction of sp³-hybridized carbons (Fsp3) is 0.238. The highest BCUT2D eigenvalue weighted by Gasteiger charge is 2.35. The van der Waals surface area contributed by atoms with Gasteiger partial charge in [0.25, 0.3) is 5.91 Å². The van der Waals surface area contributed by atoms with Crippen LogP contribution in [0.2, 0.25) is 0 Å². The van der Waals surface area contributed by atoms with Gasteiger partial charge >= 0.3 is 6.18 Å². The molecule has 1 aliphatic heterocycles. The minimum absolute atomic E-state index is 0.0501. The number of alkyl halides is 3. The fourth-order valence-corrected chi connectivity index (χ4v) is 3.83. The number of halogens is 3. The molecule has 0 atom stereocenters. The average molecular weight is 476 g/mol. The van der Waals surface area contributed by atoms with Crippen LogP contribution in [0, 0.1) is 0 Å². The fourth-order valence-electron chi connectivity index (χ4n) is 3.01. The summed E-state index contributed by atoms with van der Waals surface area (Å²) in [5.74, 6) is -0.361. The molecule has 0 unspecified atom stereocenters. The maximum absolute atomic E-state index is 13.7. The quantitative estimate of drug-likeness (QED) is 0.526. The predicted octanol–water partition coefficient (Wildman–Crippen LogP) is 3.81. The SMILES string of the molecule is CN(C)CCOc1ccc(/N=C2/NC(=O)/C(=C/c3c[nH]c4ncncc34)S2)c(C(F)(F)F)c1. The number of H-pyrrole nitrogens is 1. The van der Waals surface area contributed by atoms with E-state index in [1.165, 1.54) is 18.5 Å². The number of amidine groups is 1. The Balaban J connectivity index is 1.59. The molecule has 0 radical (unpaired) electrons. The lowest BCUT2D eigenvalue weighted by Gasteiger charge is -2.14. The number of ether oxygens (including phenoxy) is 1. The normalized spacial score (nSPS) is 16.8. The van der Waals surface area contributed by atoms with Crippen molar-refractivity contribution < 1.29 is 22.7 Å². The molecule has 1 aromatic carbocycles. The Bertz CT molecular complexity index is 1250. The number of benzene rings is 1. The lowest BCUT2D eigenvalue weighted by atomic mass is 10.1. The number of amides is 1. The van der Waals surface area contributed by atoms with Crippen LogP contribution >= 0.6 is 11.8 Å². The van der Waals surface area contributed by atoms with Gasteiger partial charge in [-0.1, -0.05) is 0 Å². The Morgan fingerprint density at radius 1 is 1.30 bits per heavy atom. The third kappa shape index (κ3) is 5.34. The number of nitrogens with zero attached hydrogens (tertiary/aromatic N) is 4. The summed E-state index contributed by atoms with van der Waals surface area (Å²) < 4.78 is 46.4. The molecule has 12 heteroatoms. The maximum Gasteiger partial charge on any atom is 0.418 e. The summed E-state index contributed by atoms with van der Waals surface area (Å²) in [4.78, 5) is 29.6. The molecular formula is C21H19F3N6O2S. The number of hydrogen-bond donors (Lipinski definition) is 2. The molecule has 2 N–H and O–H groups in total. The number of hydrogen-bond acceptors (Lipinski definition) is 7. The van der Waals surface area contributed by atoms with Crippen LogP contribution in [-0.2, 0) is 11.0 Å². The molecule has 0 spiro atoms. The molecule has 0 aliphatic carbocycles. The number of carbonyl (C=O) groups excluding carboxylic acids is 1. The third-order valence-electron chi connectivity index (χ3n) is 4.63. The van der Waals surface area contributed by atoms with Gasteiger partial charge in [-0.05, 0) is 50.1 Å². The third-order valence-corrected chi connectivity index (χ3v) is 5.54. The number of carbonyl (C=O) groups is 1. The van der Waals surface area contributed by atoms with Gasteiger partial charge in [0.15, 0.2) is 5.17 Å². The van der Waals surface area contributed by atoms with Crippen LogP contribution in [0.15, 0.2) is 46.8 Å². The van der Waals surface area contributed by atoms with Crippen molar-refractivity contribution in [3.63, 3.8) is 0 Å². The Morgan fingerprint density at radius 2 is 2.12 bits per heavy atom. The molecule has 33 heavy (non-hydrogen) atoms. The van der Waals surface area contributed by atoms with Gasteiger partial charge in [-0.15, -0.1) is 0 Å². The van der Waals surface area contributed by atoms with Crippen molar-refractivity contribution in [1.82, 2.24) is 25.2 Å². The van der Waals surface area contributed by atoms with Gasteiger partial charge in [0.05, 0.1) is 16.2 Å². The van der Waals surface area contributed by atoms with Crippen molar-refractivity contribution in [2.24, 2.45) is 4.99 Å². The molecule has 8 nitrogen and oxygen atoms in total. The second-order valence-corrected chi connectivity index (χ2v) is 8.37. The lowest BCUT2D eigenvalue weighted by Crippen LogP contribution is -2.20. The first kappa shape index (κ1) is 22.8. The van der Waals surface area contributed by atoms with Crippen LogP contribution in [-0.4, -0.2) is 58.2 Å². The van der Waals surface area contributed by atoms with Gasteiger partial charge in [0, 0.05) is 29.9 Å². The van der Waals surface area contributed by atoms with E-state index >= 15 is 0 Å². The molecule has 1 aliphatic rings. The first-order chi connectivity index (χ1) is 15.7. The van der Waals surface area contributed by atoms with Crippen molar-refractivity contribution in [1.29, 1.82) is 0 Å². The smallest absolute Gasteiger partial charge is 0.418 e. The average Bonchev–Trinajstić information content (AvgIpc) is 3.31. The number of rotatable bonds is 6. The van der Waals surface area contributed by atoms with Gasteiger partial charge in [0.2, 0.25) is 0 Å². The Kier molecular flexibility index (Phi) is 6.38. The molecule has 3 aromatic rings. The van der Waals surface area contributed by atoms with Gasteiger partial charge in [-0.3, -0.25) is 4.79 Å². The number of aromatic amines is 1. The van der Waals surface area contributed by atoms with E-state index in [0.717, 1.165) is 17.8 Å². The van der Waals surface area contributed by atoms with Crippen LogP contribution in [0.25, 0.3) is 17.1 Å². The minimum Gasteiger partial charge on any atom is -0.492 e. The number of thioether (sulfide) groups is 1. The first-order valence-electron chi connectivity index (χ1n) is 9.76. The number of fused-ring (bicyclic) bond motifs is 1. The summed E-state index contributed by atoms with van der Waals surface area (Å²) in [6, 6.07) is 3.57. The molecule has 0 saturated carbocycles. The zero-order valence-electron chi connectivity index (χ0n) is 17.6. The van der Waals surface area contributed by atoms with Gasteiger partial charge < -0.3 is 19.9 Å². The largest absolute Gasteiger partial charge is 0.492 e. The van der Waals surface area contributed by atoms with E-state index in [1.807, 2.05) is 19.0 Å². The summed E-state index contributed by atoms with van der Waals surface area (Å²) in [5.41, 5.74) is 0.0296. The van der Waals surface area contributed by atoms with E-state index in [4.69, 9.17) is 4.74 Å². The van der Waals surface area contributed by atoms with Crippen LogP contribution in [0.1, 0.15) is 11.1 Å². The van der Waals surface area contributed by atoms with E-state index in [9.17, 15) is 18.0 Å². The molecule has 4 rings (SSSR count). The van der Waals surface area contributed by atoms with Crippen molar-refractivity contribution in [2.75, 3.05) is 27.2 Å². The topological polar surface area (TPSA) is 95.5 Å². The zero-order chi connectivity index (χ0) is 23.6. The zero-order valence-corrected chi connectivity index (χ0v) is 18.4. The van der Waals surface area contributed by atoms with Crippen molar-refractivity contribution >= 4 is 45.6 Å². The van der Waals surface area contributed by atoms with Crippen LogP contribution < -0.4 is 10.1 Å². The maximum atomic E-state index is 13.7. The number of aromatic nitrogens is 3. The standard InChI is InChI=1S/C21H19F3N6O2S/c1-30(2)5-6-32-13-3-4-16(15(8-13)21(22,23)24)28-20-29-19(31)17(33-20)7-12-9-26-18-14(12)10-25-11-27-18/h3-4,7-11H,5-6H2,1-2H3,(H,25,26,27)(H,28,29,31)/b17-7-. The Hall–Kier alpha value is -3.38. The Morgan fingerprint density at radius 3 is 2.88 bits per heavy atom. The molecular weight excluding hydrogens is 457 g/mol. The molecule has 3 heterocycles. The second-order valence-electron chi connectivity index (χ2n) is 7.34. The van der Waals surface area contributed by atoms with Gasteiger partial charge in [0.1, 0.15) is 24.3 Å². The number of nitrogens with one attached hydrogen (secondary N) is 2. The highest BCUT2D eigenvalue weighted by atomic mass is 32.2. The van der Waals surface area contributed by atoms with Crippen LogP contribution in [0.4, 0.5) is 18.9 Å². The van der Waals surface area contributed by atoms with E-state index in [0.29, 0.717) is 23.1 Å². The summed E-state index contributed by atoms with van der Waals surface area (Å²) >= 11 is 0.953. The monoisotopic (exact) mass is 476 g/mol. The molecule has 0 bridgehead atoms. The Labute approximate surface area is 191 Å². The van der Waals surface area contributed by atoms with E-state index in [-0.39, 0.29) is 28.1 Å². The van der Waals surface area contributed by atoms with Crippen LogP contribution in [0.5, 0.6) is 5.75 Å². The number of likely N-dealkylation sites (N-methyl/N-ethyl adjacent to an activating group) is 1. The molecule has 1 saturated heterocycles. The molecule has 1 amide bonds. The van der Waals surface area contributed by atoms with Crippen molar-refractivity contribution in [2.45, 2.75) is 6.18 Å². The van der Waals surface area contributed by atoms with E-state index < -0.39 is 17.6 Å². The second kappa shape index (κ2) is 9.24. The van der Waals surface area contributed by atoms with Crippen LogP contribution in [0.3, 0.4) is 0 Å². The van der Waals surface area contributed by atoms with E-state index in [1.54, 1.807) is 18.5 Å². The summed E-state index contributed by atoms with van der Waals surface area (Å²) in [7, 11) is 3.68. The van der Waals surface area contributed by atoms with Crippen molar-refractivity contribution in [3.05, 3.63) is 53.0 Å². The van der Waals surface area contributed by atoms with Gasteiger partial charge in [-0.2, -0.15) is 13.2 Å². The molecule has 172 valence electrons. The van der Waals surface area contributed by atoms with Gasteiger partial charge in [-0.25, -0.2) is 15.0 Å². The minimum atomic E-state index is -4.64. The lowest BCUT2D eigenvalue weighted by molar-refractivity contribution is -0.137. The number of aliphatic imine (C=N–C) groups is 1. The summed E-state index contributed by atoms with van der Waals surface area (Å²) in [6.45, 7) is 0.808. The highest BCUT2D eigenvalue weighted by Crippen LogP contribution is 2.40.